The van der Waals surface area contributed by atoms with E-state index >= 15 is 0 Å². The Morgan fingerprint density at radius 3 is 2.45 bits per heavy atom. The number of aryl methyl sites for hydroxylation is 1. The minimum absolute atomic E-state index is 0.159. The number of nitrogens with one attached hydrogen (secondary N) is 2. The fourth-order valence-corrected chi connectivity index (χ4v) is 4.59. The molecule has 0 unspecified atom stereocenters. The van der Waals surface area contributed by atoms with Crippen molar-refractivity contribution in [1.29, 1.82) is 0 Å². The van der Waals surface area contributed by atoms with Crippen LogP contribution in [0.2, 0.25) is 0 Å². The van der Waals surface area contributed by atoms with E-state index in [1.54, 1.807) is 24.3 Å². The molecule has 2 N–H and O–H groups in total. The number of hydrogen-bond donors (Lipinski definition) is 2. The average molecular weight is 416 g/mol. The smallest absolute Gasteiger partial charge is 0.341 e. The van der Waals surface area contributed by atoms with E-state index in [4.69, 9.17) is 9.47 Å². The van der Waals surface area contributed by atoms with Crippen molar-refractivity contribution < 1.29 is 23.9 Å². The van der Waals surface area contributed by atoms with Crippen molar-refractivity contribution in [3.05, 3.63) is 40.3 Å². The summed E-state index contributed by atoms with van der Waals surface area (Å²) in [5.74, 6) is -0.426. The van der Waals surface area contributed by atoms with E-state index in [0.717, 1.165) is 42.5 Å². The second-order valence-corrected chi connectivity index (χ2v) is 7.91. The third-order valence-corrected chi connectivity index (χ3v) is 5.82. The molecule has 1 aliphatic carbocycles. The molecular formula is C21H24N2O5S. The number of amides is 2. The van der Waals surface area contributed by atoms with Gasteiger partial charge in [0.15, 0.2) is 6.61 Å². The van der Waals surface area contributed by atoms with Gasteiger partial charge in [-0.2, -0.15) is 0 Å². The van der Waals surface area contributed by atoms with Crippen LogP contribution in [0.1, 0.15) is 47.0 Å². The van der Waals surface area contributed by atoms with Crippen molar-refractivity contribution in [3.63, 3.8) is 0 Å². The molecule has 154 valence electrons. The van der Waals surface area contributed by atoms with E-state index in [1.807, 2.05) is 0 Å². The minimum Gasteiger partial charge on any atom is -0.484 e. The van der Waals surface area contributed by atoms with E-state index in [0.29, 0.717) is 22.0 Å². The molecule has 0 radical (unpaired) electrons. The van der Waals surface area contributed by atoms with Crippen LogP contribution in [0.15, 0.2) is 24.3 Å². The molecule has 0 aliphatic heterocycles. The van der Waals surface area contributed by atoms with Crippen molar-refractivity contribution in [2.24, 2.45) is 0 Å². The number of carbonyl (C=O) groups excluding carboxylic acids is 3. The van der Waals surface area contributed by atoms with Crippen LogP contribution in [0.25, 0.3) is 0 Å². The van der Waals surface area contributed by atoms with Gasteiger partial charge in [-0.3, -0.25) is 9.59 Å². The molecule has 0 atom stereocenters. The number of methoxy groups -OCH3 is 1. The molecule has 2 amide bonds. The van der Waals surface area contributed by atoms with Crippen LogP contribution >= 0.6 is 11.3 Å². The molecule has 29 heavy (non-hydrogen) atoms. The zero-order valence-corrected chi connectivity index (χ0v) is 17.3. The van der Waals surface area contributed by atoms with Crippen LogP contribution in [-0.4, -0.2) is 31.5 Å². The molecule has 1 aliphatic rings. The van der Waals surface area contributed by atoms with Crippen molar-refractivity contribution in [1.82, 2.24) is 0 Å². The summed E-state index contributed by atoms with van der Waals surface area (Å²) in [4.78, 5) is 36.9. The minimum atomic E-state index is -0.422. The maximum atomic E-state index is 12.4. The van der Waals surface area contributed by atoms with Crippen LogP contribution in [0.5, 0.6) is 5.75 Å². The van der Waals surface area contributed by atoms with Gasteiger partial charge < -0.3 is 20.1 Å². The van der Waals surface area contributed by atoms with Gasteiger partial charge in [0.1, 0.15) is 10.8 Å². The van der Waals surface area contributed by atoms with Crippen LogP contribution in [0, 0.1) is 0 Å². The summed E-state index contributed by atoms with van der Waals surface area (Å²) in [6.07, 6.45) is 4.98. The van der Waals surface area contributed by atoms with Crippen LogP contribution in [0.3, 0.4) is 0 Å². The Hall–Kier alpha value is -2.87. The maximum absolute atomic E-state index is 12.4. The summed E-state index contributed by atoms with van der Waals surface area (Å²) < 4.78 is 10.5. The van der Waals surface area contributed by atoms with Gasteiger partial charge in [-0.05, 0) is 55.5 Å². The fourth-order valence-electron chi connectivity index (χ4n) is 3.30. The Balaban J connectivity index is 1.66. The van der Waals surface area contributed by atoms with Crippen molar-refractivity contribution in [2.45, 2.75) is 39.0 Å². The molecule has 8 heteroatoms. The molecule has 0 bridgehead atoms. The first-order chi connectivity index (χ1) is 14.0. The molecule has 1 heterocycles. The number of thiophene rings is 1. The Labute approximate surface area is 173 Å². The van der Waals surface area contributed by atoms with Gasteiger partial charge >= 0.3 is 5.97 Å². The van der Waals surface area contributed by atoms with Gasteiger partial charge in [0.25, 0.3) is 5.91 Å². The lowest BCUT2D eigenvalue weighted by molar-refractivity contribution is -0.118. The summed E-state index contributed by atoms with van der Waals surface area (Å²) >= 11 is 1.45. The number of benzene rings is 1. The summed E-state index contributed by atoms with van der Waals surface area (Å²) in [7, 11) is 1.35. The average Bonchev–Trinajstić information content (AvgIpc) is 2.87. The second-order valence-electron chi connectivity index (χ2n) is 6.80. The topological polar surface area (TPSA) is 93.7 Å². The van der Waals surface area contributed by atoms with Crippen molar-refractivity contribution in [3.8, 4) is 5.75 Å². The number of hydrogen-bond acceptors (Lipinski definition) is 6. The summed E-state index contributed by atoms with van der Waals surface area (Å²) in [6, 6.07) is 6.73. The van der Waals surface area contributed by atoms with E-state index in [1.165, 1.54) is 25.4 Å². The zero-order valence-electron chi connectivity index (χ0n) is 16.5. The van der Waals surface area contributed by atoms with Crippen LogP contribution < -0.4 is 15.4 Å². The first-order valence-electron chi connectivity index (χ1n) is 9.51. The number of carbonyl (C=O) groups is 3. The zero-order chi connectivity index (χ0) is 20.8. The third kappa shape index (κ3) is 5.35. The molecule has 0 saturated carbocycles. The first-order valence-corrected chi connectivity index (χ1v) is 10.3. The van der Waals surface area contributed by atoms with Gasteiger partial charge in [0, 0.05) is 17.5 Å². The van der Waals surface area contributed by atoms with E-state index in [9.17, 15) is 14.4 Å². The molecule has 1 aromatic carbocycles. The lowest BCUT2D eigenvalue weighted by Gasteiger charge is -2.09. The lowest BCUT2D eigenvalue weighted by Crippen LogP contribution is -2.21. The quantitative estimate of drug-likeness (QED) is 0.552. The largest absolute Gasteiger partial charge is 0.484 e. The number of fused-ring (bicyclic) bond motifs is 1. The summed E-state index contributed by atoms with van der Waals surface area (Å²) in [6.45, 7) is 1.24. The summed E-state index contributed by atoms with van der Waals surface area (Å²) in [5.41, 5.74) is 2.13. The molecular weight excluding hydrogens is 392 g/mol. The molecule has 0 fully saturated rings. The molecule has 1 aromatic heterocycles. The number of rotatable bonds is 6. The Bertz CT molecular complexity index is 905. The van der Waals surface area contributed by atoms with Crippen molar-refractivity contribution >= 4 is 39.8 Å². The first kappa shape index (κ1) is 20.9. The Kier molecular flexibility index (Phi) is 6.87. The lowest BCUT2D eigenvalue weighted by atomic mass is 10.1. The second kappa shape index (κ2) is 9.56. The van der Waals surface area contributed by atoms with Gasteiger partial charge in [-0.15, -0.1) is 11.3 Å². The molecule has 0 saturated heterocycles. The maximum Gasteiger partial charge on any atom is 0.341 e. The number of esters is 1. The standard InChI is InChI=1S/C21H24N2O5S/c1-13(24)22-14-8-10-15(11-9-14)28-12-18(25)23-20-19(21(26)27-2)16-6-4-3-5-7-17(16)29-20/h8-11H,3-7,12H2,1-2H3,(H,22,24)(H,23,25). The highest BCUT2D eigenvalue weighted by Crippen LogP contribution is 2.37. The van der Waals surface area contributed by atoms with Crippen molar-refractivity contribution in [2.75, 3.05) is 24.4 Å². The summed E-state index contributed by atoms with van der Waals surface area (Å²) in [5, 5.41) is 6.00. The van der Waals surface area contributed by atoms with Gasteiger partial charge in [0.2, 0.25) is 5.91 Å². The third-order valence-electron chi connectivity index (χ3n) is 4.61. The SMILES string of the molecule is COC(=O)c1c(NC(=O)COc2ccc(NC(C)=O)cc2)sc2c1CCCCC2. The highest BCUT2D eigenvalue weighted by molar-refractivity contribution is 7.17. The molecule has 2 aromatic rings. The van der Waals surface area contributed by atoms with E-state index in [2.05, 4.69) is 10.6 Å². The predicted octanol–water partition coefficient (Wildman–Crippen LogP) is 3.78. The normalized spacial score (nSPS) is 13.0. The van der Waals surface area contributed by atoms with Gasteiger partial charge in [-0.25, -0.2) is 4.79 Å². The highest BCUT2D eigenvalue weighted by atomic mass is 32.1. The monoisotopic (exact) mass is 416 g/mol. The number of ether oxygens (including phenoxy) is 2. The highest BCUT2D eigenvalue weighted by Gasteiger charge is 2.26. The Morgan fingerprint density at radius 1 is 1.03 bits per heavy atom. The molecule has 3 rings (SSSR count). The number of anilines is 2. The van der Waals surface area contributed by atoms with Gasteiger partial charge in [-0.1, -0.05) is 6.42 Å². The van der Waals surface area contributed by atoms with Crippen LogP contribution in [-0.2, 0) is 27.2 Å². The predicted molar refractivity (Wildman–Crippen MR) is 112 cm³/mol. The van der Waals surface area contributed by atoms with Crippen LogP contribution in [0.4, 0.5) is 10.7 Å². The molecule has 7 nitrogen and oxygen atoms in total. The molecule has 0 spiro atoms. The fraction of sp³-hybridized carbons (Fsp3) is 0.381. The van der Waals surface area contributed by atoms with E-state index < -0.39 is 5.97 Å². The Morgan fingerprint density at radius 2 is 1.76 bits per heavy atom. The van der Waals surface area contributed by atoms with Gasteiger partial charge in [0.05, 0.1) is 12.7 Å². The van der Waals surface area contributed by atoms with E-state index in [-0.39, 0.29) is 18.4 Å².